The van der Waals surface area contributed by atoms with E-state index in [1.165, 1.54) is 0 Å². The summed E-state index contributed by atoms with van der Waals surface area (Å²) in [5.74, 6) is -1.68. The summed E-state index contributed by atoms with van der Waals surface area (Å²) in [6, 6.07) is 0. The highest BCUT2D eigenvalue weighted by molar-refractivity contribution is 5.84. The molecule has 98 valence electrons. The van der Waals surface area contributed by atoms with Gasteiger partial charge in [0.25, 0.3) is 0 Å². The van der Waals surface area contributed by atoms with Crippen LogP contribution in [-0.2, 0) is 14.3 Å². The first kappa shape index (κ1) is 14.0. The molecule has 1 aliphatic carbocycles. The van der Waals surface area contributed by atoms with Crippen LogP contribution in [-0.4, -0.2) is 23.1 Å². The van der Waals surface area contributed by atoms with Gasteiger partial charge in [-0.05, 0) is 33.1 Å². The zero-order chi connectivity index (χ0) is 13.1. The van der Waals surface area contributed by atoms with Crippen LogP contribution in [0.15, 0.2) is 0 Å². The van der Waals surface area contributed by atoms with Crippen LogP contribution in [0, 0.1) is 11.3 Å². The molecule has 1 rings (SSSR count). The normalized spacial score (nSPS) is 29.1. The Hall–Kier alpha value is -1.06. The molecule has 0 spiro atoms. The molecule has 2 atom stereocenters. The standard InChI is InChI=1S/C13H22O4/c1-4-13(12(15)16)8-6-5-7-10(13)11(14)17-9(2)3/h9-10H,4-8H2,1-3H3,(H,15,16). The Kier molecular flexibility index (Phi) is 4.54. The molecular weight excluding hydrogens is 220 g/mol. The minimum Gasteiger partial charge on any atom is -0.481 e. The number of carboxylic acids is 1. The number of carbonyl (C=O) groups excluding carboxylic acids is 1. The van der Waals surface area contributed by atoms with Crippen LogP contribution >= 0.6 is 0 Å². The number of carboxylic acid groups (broad SMARTS) is 1. The molecule has 0 heterocycles. The molecule has 4 heteroatoms. The van der Waals surface area contributed by atoms with Crippen molar-refractivity contribution in [3.05, 3.63) is 0 Å². The summed E-state index contributed by atoms with van der Waals surface area (Å²) in [5.41, 5.74) is -0.912. The number of hydrogen-bond acceptors (Lipinski definition) is 3. The molecule has 0 aromatic rings. The van der Waals surface area contributed by atoms with Crippen LogP contribution in [0.4, 0.5) is 0 Å². The maximum Gasteiger partial charge on any atom is 0.310 e. The van der Waals surface area contributed by atoms with Gasteiger partial charge in [0, 0.05) is 0 Å². The van der Waals surface area contributed by atoms with Crippen LogP contribution in [0.5, 0.6) is 0 Å². The van der Waals surface area contributed by atoms with Gasteiger partial charge >= 0.3 is 11.9 Å². The zero-order valence-corrected chi connectivity index (χ0v) is 10.9. The highest BCUT2D eigenvalue weighted by Gasteiger charge is 2.50. The Morgan fingerprint density at radius 3 is 2.53 bits per heavy atom. The number of ether oxygens (including phenoxy) is 1. The molecule has 4 nitrogen and oxygen atoms in total. The summed E-state index contributed by atoms with van der Waals surface area (Å²) >= 11 is 0. The van der Waals surface area contributed by atoms with Crippen molar-refractivity contribution in [3.63, 3.8) is 0 Å². The highest BCUT2D eigenvalue weighted by Crippen LogP contribution is 2.45. The Bertz CT molecular complexity index is 298. The van der Waals surface area contributed by atoms with E-state index in [0.29, 0.717) is 19.3 Å². The summed E-state index contributed by atoms with van der Waals surface area (Å²) in [6.45, 7) is 5.42. The fourth-order valence-corrected chi connectivity index (χ4v) is 2.73. The van der Waals surface area contributed by atoms with Crippen LogP contribution in [0.25, 0.3) is 0 Å². The van der Waals surface area contributed by atoms with Crippen molar-refractivity contribution >= 4 is 11.9 Å². The van der Waals surface area contributed by atoms with Crippen molar-refractivity contribution in [2.75, 3.05) is 0 Å². The first-order valence-corrected chi connectivity index (χ1v) is 6.38. The molecule has 0 saturated heterocycles. The third-order valence-corrected chi connectivity index (χ3v) is 3.73. The van der Waals surface area contributed by atoms with E-state index in [4.69, 9.17) is 4.74 Å². The van der Waals surface area contributed by atoms with Gasteiger partial charge in [-0.25, -0.2) is 0 Å². The zero-order valence-electron chi connectivity index (χ0n) is 10.9. The van der Waals surface area contributed by atoms with E-state index < -0.39 is 17.3 Å². The number of aliphatic carboxylic acids is 1. The summed E-state index contributed by atoms with van der Waals surface area (Å²) in [6.07, 6.45) is 3.30. The molecule has 0 aromatic carbocycles. The quantitative estimate of drug-likeness (QED) is 0.770. The molecule has 1 fully saturated rings. The second-order valence-corrected chi connectivity index (χ2v) is 5.10. The van der Waals surface area contributed by atoms with E-state index in [0.717, 1.165) is 12.8 Å². The number of esters is 1. The van der Waals surface area contributed by atoms with E-state index in [-0.39, 0.29) is 12.1 Å². The first-order chi connectivity index (χ1) is 7.94. The molecule has 0 radical (unpaired) electrons. The molecular formula is C13H22O4. The molecule has 0 aromatic heterocycles. The van der Waals surface area contributed by atoms with Gasteiger partial charge in [0.15, 0.2) is 0 Å². The van der Waals surface area contributed by atoms with Crippen molar-refractivity contribution < 1.29 is 19.4 Å². The average Bonchev–Trinajstić information content (AvgIpc) is 2.27. The molecule has 17 heavy (non-hydrogen) atoms. The lowest BCUT2D eigenvalue weighted by Crippen LogP contribution is -2.45. The summed E-state index contributed by atoms with van der Waals surface area (Å²) in [7, 11) is 0. The minimum atomic E-state index is -0.912. The number of rotatable bonds is 4. The largest absolute Gasteiger partial charge is 0.481 e. The second kappa shape index (κ2) is 5.52. The Morgan fingerprint density at radius 1 is 1.41 bits per heavy atom. The minimum absolute atomic E-state index is 0.187. The van der Waals surface area contributed by atoms with Gasteiger partial charge in [-0.2, -0.15) is 0 Å². The van der Waals surface area contributed by atoms with Gasteiger partial charge in [-0.1, -0.05) is 19.8 Å². The van der Waals surface area contributed by atoms with E-state index in [9.17, 15) is 14.7 Å². The molecule has 0 amide bonds. The summed E-state index contributed by atoms with van der Waals surface area (Å²) in [4.78, 5) is 23.5. The Labute approximate surface area is 102 Å². The van der Waals surface area contributed by atoms with E-state index in [1.807, 2.05) is 6.92 Å². The number of hydrogen-bond donors (Lipinski definition) is 1. The Balaban J connectivity index is 2.92. The topological polar surface area (TPSA) is 63.6 Å². The SMILES string of the molecule is CCC1(C(=O)O)CCCCC1C(=O)OC(C)C. The fraction of sp³-hybridized carbons (Fsp3) is 0.846. The van der Waals surface area contributed by atoms with Crippen LogP contribution in [0.3, 0.4) is 0 Å². The van der Waals surface area contributed by atoms with Gasteiger partial charge in [0.1, 0.15) is 0 Å². The van der Waals surface area contributed by atoms with E-state index >= 15 is 0 Å². The van der Waals surface area contributed by atoms with Crippen LogP contribution in [0.1, 0.15) is 52.9 Å². The molecule has 1 aliphatic rings. The monoisotopic (exact) mass is 242 g/mol. The molecule has 0 bridgehead atoms. The van der Waals surface area contributed by atoms with Gasteiger partial charge < -0.3 is 9.84 Å². The maximum atomic E-state index is 12.0. The smallest absolute Gasteiger partial charge is 0.310 e. The average molecular weight is 242 g/mol. The van der Waals surface area contributed by atoms with Gasteiger partial charge in [0.2, 0.25) is 0 Å². The fourth-order valence-electron chi connectivity index (χ4n) is 2.73. The Morgan fingerprint density at radius 2 is 2.06 bits per heavy atom. The molecule has 1 saturated carbocycles. The lowest BCUT2D eigenvalue weighted by atomic mass is 9.64. The van der Waals surface area contributed by atoms with Crippen LogP contribution < -0.4 is 0 Å². The molecule has 2 unspecified atom stereocenters. The lowest BCUT2D eigenvalue weighted by molar-refractivity contribution is -0.172. The van der Waals surface area contributed by atoms with Crippen molar-refractivity contribution in [2.24, 2.45) is 11.3 Å². The lowest BCUT2D eigenvalue weighted by Gasteiger charge is -2.38. The van der Waals surface area contributed by atoms with E-state index in [1.54, 1.807) is 13.8 Å². The summed E-state index contributed by atoms with van der Waals surface area (Å²) < 4.78 is 5.19. The first-order valence-electron chi connectivity index (χ1n) is 6.38. The van der Waals surface area contributed by atoms with Gasteiger partial charge in [0.05, 0.1) is 17.4 Å². The maximum absolute atomic E-state index is 12.0. The third kappa shape index (κ3) is 2.79. The molecule has 0 aliphatic heterocycles. The predicted molar refractivity (Wildman–Crippen MR) is 63.5 cm³/mol. The van der Waals surface area contributed by atoms with Crippen molar-refractivity contribution in [1.29, 1.82) is 0 Å². The van der Waals surface area contributed by atoms with E-state index in [2.05, 4.69) is 0 Å². The van der Waals surface area contributed by atoms with Crippen LogP contribution in [0.2, 0.25) is 0 Å². The van der Waals surface area contributed by atoms with Gasteiger partial charge in [-0.15, -0.1) is 0 Å². The predicted octanol–water partition coefficient (Wildman–Crippen LogP) is 2.61. The summed E-state index contributed by atoms with van der Waals surface area (Å²) in [5, 5.41) is 9.43. The highest BCUT2D eigenvalue weighted by atomic mass is 16.5. The van der Waals surface area contributed by atoms with Gasteiger partial charge in [-0.3, -0.25) is 9.59 Å². The van der Waals surface area contributed by atoms with Crippen molar-refractivity contribution in [1.82, 2.24) is 0 Å². The van der Waals surface area contributed by atoms with Crippen molar-refractivity contribution in [3.8, 4) is 0 Å². The number of carbonyl (C=O) groups is 2. The van der Waals surface area contributed by atoms with Crippen molar-refractivity contribution in [2.45, 2.75) is 59.0 Å². The second-order valence-electron chi connectivity index (χ2n) is 5.10. The third-order valence-electron chi connectivity index (χ3n) is 3.73. The molecule has 1 N–H and O–H groups in total.